The molecule has 0 aliphatic carbocycles. The largest absolute Gasteiger partial charge is 0.491 e. The lowest BCUT2D eigenvalue weighted by molar-refractivity contribution is 0.0685. The topological polar surface area (TPSA) is 68.7 Å². The van der Waals surface area contributed by atoms with Gasteiger partial charge < -0.3 is 14.6 Å². The summed E-state index contributed by atoms with van der Waals surface area (Å²) in [5.41, 5.74) is -0.499. The molecule has 15 heavy (non-hydrogen) atoms. The molecule has 0 atom stereocenters. The van der Waals surface area contributed by atoms with E-state index in [0.717, 1.165) is 0 Å². The first kappa shape index (κ1) is 11.5. The molecule has 0 radical (unpaired) electrons. The van der Waals surface area contributed by atoms with Gasteiger partial charge >= 0.3 is 5.97 Å². The Balaban J connectivity index is 3.54. The smallest absolute Gasteiger partial charge is 0.358 e. The minimum Gasteiger partial charge on any atom is -0.491 e. The number of carboxylic acids is 1. The zero-order valence-electron chi connectivity index (χ0n) is 7.88. The van der Waals surface area contributed by atoms with Gasteiger partial charge in [-0.15, -0.1) is 0 Å². The lowest BCUT2D eigenvalue weighted by Gasteiger charge is -2.10. The van der Waals surface area contributed by atoms with E-state index in [2.05, 4.69) is 9.72 Å². The van der Waals surface area contributed by atoms with Crippen LogP contribution in [0.3, 0.4) is 0 Å². The van der Waals surface area contributed by atoms with Gasteiger partial charge in [-0.2, -0.15) is 4.39 Å². The second-order valence-electron chi connectivity index (χ2n) is 2.44. The van der Waals surface area contributed by atoms with Gasteiger partial charge in [-0.25, -0.2) is 9.78 Å². The molecule has 1 aromatic rings. The number of ether oxygens (including phenoxy) is 2. The first-order valence-electron chi connectivity index (χ1n) is 3.73. The Kier molecular flexibility index (Phi) is 3.31. The van der Waals surface area contributed by atoms with Gasteiger partial charge in [0.2, 0.25) is 11.6 Å². The first-order chi connectivity index (χ1) is 7.02. The number of hydrogen-bond acceptors (Lipinski definition) is 4. The molecule has 0 fully saturated rings. The third-order valence-electron chi connectivity index (χ3n) is 1.62. The molecule has 1 heterocycles. The molecule has 0 unspecified atom stereocenters. The second kappa shape index (κ2) is 4.31. The number of hydrogen-bond donors (Lipinski definition) is 1. The summed E-state index contributed by atoms with van der Waals surface area (Å²) >= 11 is 5.39. The second-order valence-corrected chi connectivity index (χ2v) is 2.79. The molecule has 1 N–H and O–H groups in total. The Morgan fingerprint density at radius 2 is 1.93 bits per heavy atom. The van der Waals surface area contributed by atoms with Crippen LogP contribution in [0.4, 0.5) is 4.39 Å². The third kappa shape index (κ3) is 1.94. The number of pyridine rings is 1. The molecule has 1 rings (SSSR count). The standard InChI is InChI=1S/C8H7ClFNO4/c1-14-5-3(10)7(9)11-4(8(12)13)6(5)15-2/h1-2H3,(H,12,13). The number of aromatic nitrogens is 1. The minimum absolute atomic E-state index is 0.299. The van der Waals surface area contributed by atoms with E-state index in [1.165, 1.54) is 14.2 Å². The van der Waals surface area contributed by atoms with Crippen LogP contribution in [0, 0.1) is 5.82 Å². The normalized spacial score (nSPS) is 9.87. The van der Waals surface area contributed by atoms with Crippen LogP contribution in [0.1, 0.15) is 10.5 Å². The summed E-state index contributed by atoms with van der Waals surface area (Å²) in [6.07, 6.45) is 0. The van der Waals surface area contributed by atoms with E-state index in [1.807, 2.05) is 0 Å². The molecule has 0 amide bonds. The van der Waals surface area contributed by atoms with E-state index in [0.29, 0.717) is 0 Å². The summed E-state index contributed by atoms with van der Waals surface area (Å²) in [6.45, 7) is 0. The van der Waals surface area contributed by atoms with Crippen molar-refractivity contribution in [3.63, 3.8) is 0 Å². The zero-order chi connectivity index (χ0) is 11.6. The summed E-state index contributed by atoms with van der Waals surface area (Å²) in [7, 11) is 2.35. The average molecular weight is 236 g/mol. The van der Waals surface area contributed by atoms with E-state index in [9.17, 15) is 9.18 Å². The maximum Gasteiger partial charge on any atom is 0.358 e. The van der Waals surface area contributed by atoms with Crippen LogP contribution >= 0.6 is 11.6 Å². The van der Waals surface area contributed by atoms with Crippen LogP contribution in [0.5, 0.6) is 11.5 Å². The molecular weight excluding hydrogens is 229 g/mol. The van der Waals surface area contributed by atoms with E-state index in [4.69, 9.17) is 21.4 Å². The molecule has 0 aliphatic heterocycles. The molecule has 0 saturated heterocycles. The van der Waals surface area contributed by atoms with Gasteiger partial charge in [-0.05, 0) is 0 Å². The average Bonchev–Trinajstić information content (AvgIpc) is 2.20. The number of nitrogens with zero attached hydrogens (tertiary/aromatic N) is 1. The number of methoxy groups -OCH3 is 2. The summed E-state index contributed by atoms with van der Waals surface area (Å²) in [6, 6.07) is 0. The molecular formula is C8H7ClFNO4. The molecule has 82 valence electrons. The molecule has 0 bridgehead atoms. The van der Waals surface area contributed by atoms with Crippen molar-refractivity contribution >= 4 is 17.6 Å². The molecule has 0 saturated carbocycles. The van der Waals surface area contributed by atoms with Crippen LogP contribution in [0.2, 0.25) is 5.15 Å². The Labute approximate surface area is 89.4 Å². The Hall–Kier alpha value is -1.56. The Morgan fingerprint density at radius 1 is 1.40 bits per heavy atom. The fourth-order valence-electron chi connectivity index (χ4n) is 1.02. The highest BCUT2D eigenvalue weighted by atomic mass is 35.5. The van der Waals surface area contributed by atoms with E-state index in [-0.39, 0.29) is 11.5 Å². The summed E-state index contributed by atoms with van der Waals surface area (Å²) in [5.74, 6) is -3.02. The third-order valence-corrected chi connectivity index (χ3v) is 1.87. The van der Waals surface area contributed by atoms with Crippen molar-refractivity contribution in [2.75, 3.05) is 14.2 Å². The highest BCUT2D eigenvalue weighted by Crippen LogP contribution is 2.35. The highest BCUT2D eigenvalue weighted by Gasteiger charge is 2.24. The summed E-state index contributed by atoms with van der Waals surface area (Å²) in [4.78, 5) is 14.1. The summed E-state index contributed by atoms with van der Waals surface area (Å²) in [5, 5.41) is 8.17. The lowest BCUT2D eigenvalue weighted by Crippen LogP contribution is -2.07. The van der Waals surface area contributed by atoms with Gasteiger partial charge in [-0.3, -0.25) is 0 Å². The number of halogens is 2. The Morgan fingerprint density at radius 3 is 2.33 bits per heavy atom. The fourth-order valence-corrected chi connectivity index (χ4v) is 1.19. The van der Waals surface area contributed by atoms with Crippen LogP contribution in [0.15, 0.2) is 0 Å². The molecule has 0 spiro atoms. The van der Waals surface area contributed by atoms with Crippen molar-refractivity contribution in [2.24, 2.45) is 0 Å². The minimum atomic E-state index is -1.38. The molecule has 1 aromatic heterocycles. The van der Waals surface area contributed by atoms with Crippen LogP contribution in [-0.2, 0) is 0 Å². The number of carboxylic acid groups (broad SMARTS) is 1. The van der Waals surface area contributed by atoms with Gasteiger partial charge in [0.15, 0.2) is 16.6 Å². The molecule has 0 aromatic carbocycles. The fraction of sp³-hybridized carbons (Fsp3) is 0.250. The molecule has 5 nitrogen and oxygen atoms in total. The number of aromatic carboxylic acids is 1. The van der Waals surface area contributed by atoms with Crippen LogP contribution < -0.4 is 9.47 Å². The quantitative estimate of drug-likeness (QED) is 0.806. The predicted octanol–water partition coefficient (Wildman–Crippen LogP) is 1.59. The van der Waals surface area contributed by atoms with Crippen LogP contribution in [0.25, 0.3) is 0 Å². The monoisotopic (exact) mass is 235 g/mol. The van der Waals surface area contributed by atoms with Crippen molar-refractivity contribution in [3.05, 3.63) is 16.7 Å². The van der Waals surface area contributed by atoms with E-state index in [1.54, 1.807) is 0 Å². The maximum atomic E-state index is 13.3. The highest BCUT2D eigenvalue weighted by molar-refractivity contribution is 6.30. The molecule has 7 heteroatoms. The van der Waals surface area contributed by atoms with Crippen molar-refractivity contribution in [1.82, 2.24) is 4.98 Å². The maximum absolute atomic E-state index is 13.3. The van der Waals surface area contributed by atoms with Gasteiger partial charge in [-0.1, -0.05) is 11.6 Å². The lowest BCUT2D eigenvalue weighted by atomic mass is 10.3. The van der Waals surface area contributed by atoms with Gasteiger partial charge in [0.25, 0.3) is 0 Å². The van der Waals surface area contributed by atoms with Gasteiger partial charge in [0.05, 0.1) is 14.2 Å². The Bertz CT molecular complexity index is 410. The van der Waals surface area contributed by atoms with E-state index >= 15 is 0 Å². The number of carbonyl (C=O) groups is 1. The predicted molar refractivity (Wildman–Crippen MR) is 49.3 cm³/mol. The molecule has 0 aliphatic rings. The van der Waals surface area contributed by atoms with Gasteiger partial charge in [0.1, 0.15) is 0 Å². The van der Waals surface area contributed by atoms with Gasteiger partial charge in [0, 0.05) is 0 Å². The first-order valence-corrected chi connectivity index (χ1v) is 4.11. The SMILES string of the molecule is COc1c(C(=O)O)nc(Cl)c(F)c1OC. The van der Waals surface area contributed by atoms with Crippen molar-refractivity contribution in [2.45, 2.75) is 0 Å². The van der Waals surface area contributed by atoms with Crippen molar-refractivity contribution < 1.29 is 23.8 Å². The van der Waals surface area contributed by atoms with Crippen LogP contribution in [-0.4, -0.2) is 30.3 Å². The number of rotatable bonds is 3. The van der Waals surface area contributed by atoms with Crippen molar-refractivity contribution in [1.29, 1.82) is 0 Å². The summed E-state index contributed by atoms with van der Waals surface area (Å²) < 4.78 is 22.6. The van der Waals surface area contributed by atoms with E-state index < -0.39 is 22.6 Å². The zero-order valence-corrected chi connectivity index (χ0v) is 8.63. The van der Waals surface area contributed by atoms with Crippen molar-refractivity contribution in [3.8, 4) is 11.5 Å².